The van der Waals surface area contributed by atoms with Crippen molar-refractivity contribution in [2.24, 2.45) is 4.99 Å². The molecule has 0 fully saturated rings. The number of fused-ring (bicyclic) bond motifs is 1. The number of carboxylic acids is 1. The van der Waals surface area contributed by atoms with Crippen molar-refractivity contribution < 1.29 is 15.0 Å². The maximum absolute atomic E-state index is 10.7. The largest absolute Gasteiger partial charge is 0.481 e. The lowest BCUT2D eigenvalue weighted by Crippen LogP contribution is -2.33. The summed E-state index contributed by atoms with van der Waals surface area (Å²) in [4.78, 5) is 14.9. The van der Waals surface area contributed by atoms with Gasteiger partial charge < -0.3 is 10.2 Å². The van der Waals surface area contributed by atoms with E-state index in [9.17, 15) is 9.90 Å². The summed E-state index contributed by atoms with van der Waals surface area (Å²) < 4.78 is 0. The number of aliphatic carboxylic acids is 1. The molecule has 15 heavy (non-hydrogen) atoms. The van der Waals surface area contributed by atoms with E-state index in [4.69, 9.17) is 5.11 Å². The van der Waals surface area contributed by atoms with Gasteiger partial charge in [-0.05, 0) is 13.0 Å². The van der Waals surface area contributed by atoms with Crippen molar-refractivity contribution in [1.29, 1.82) is 0 Å². The fourth-order valence-corrected chi connectivity index (χ4v) is 1.83. The van der Waals surface area contributed by atoms with E-state index in [1.54, 1.807) is 25.1 Å². The van der Waals surface area contributed by atoms with Crippen LogP contribution in [0, 0.1) is 0 Å². The van der Waals surface area contributed by atoms with Crippen molar-refractivity contribution in [2.45, 2.75) is 18.9 Å². The van der Waals surface area contributed by atoms with Gasteiger partial charge in [-0.2, -0.15) is 0 Å². The van der Waals surface area contributed by atoms with Crippen molar-refractivity contribution in [3.8, 4) is 0 Å². The second kappa shape index (κ2) is 3.17. The maximum atomic E-state index is 10.7. The molecule has 0 saturated carbocycles. The van der Waals surface area contributed by atoms with Gasteiger partial charge >= 0.3 is 5.97 Å². The van der Waals surface area contributed by atoms with Gasteiger partial charge in [-0.15, -0.1) is 0 Å². The Kier molecular flexibility index (Phi) is 2.08. The summed E-state index contributed by atoms with van der Waals surface area (Å²) in [5.41, 5.74) is 0.220. The Morgan fingerprint density at radius 2 is 2.13 bits per heavy atom. The highest BCUT2D eigenvalue weighted by molar-refractivity contribution is 6.00. The number of carbonyl (C=O) groups is 1. The Balaban J connectivity index is 2.51. The van der Waals surface area contributed by atoms with Crippen LogP contribution in [0.25, 0.3) is 0 Å². The number of benzene rings is 1. The van der Waals surface area contributed by atoms with Crippen molar-refractivity contribution in [2.75, 3.05) is 0 Å². The first-order valence-electron chi connectivity index (χ1n) is 4.63. The summed E-state index contributed by atoms with van der Waals surface area (Å²) in [5.74, 6) is -1.04. The lowest BCUT2D eigenvalue weighted by molar-refractivity contribution is -0.140. The second-order valence-electron chi connectivity index (χ2n) is 3.65. The maximum Gasteiger partial charge on any atom is 0.307 e. The Morgan fingerprint density at radius 1 is 1.47 bits per heavy atom. The zero-order chi connectivity index (χ0) is 11.1. The number of hydrogen-bond acceptors (Lipinski definition) is 3. The third-order valence-electron chi connectivity index (χ3n) is 2.64. The van der Waals surface area contributed by atoms with Crippen LogP contribution < -0.4 is 0 Å². The molecule has 1 aliphatic heterocycles. The SMILES string of the molecule is CC1=Nc2ccccc2C1(O)CC(=O)O. The molecule has 0 amide bonds. The highest BCUT2D eigenvalue weighted by Gasteiger charge is 2.40. The highest BCUT2D eigenvalue weighted by atomic mass is 16.4. The van der Waals surface area contributed by atoms with E-state index in [0.717, 1.165) is 0 Å². The first kappa shape index (κ1) is 9.86. The molecule has 0 spiro atoms. The Labute approximate surface area is 86.9 Å². The van der Waals surface area contributed by atoms with Crippen LogP contribution in [0.15, 0.2) is 29.3 Å². The Bertz CT molecular complexity index is 453. The molecule has 1 aromatic carbocycles. The van der Waals surface area contributed by atoms with E-state index in [1.165, 1.54) is 0 Å². The van der Waals surface area contributed by atoms with Gasteiger partial charge in [0.05, 0.1) is 17.8 Å². The summed E-state index contributed by atoms with van der Waals surface area (Å²) in [6.07, 6.45) is -0.348. The van der Waals surface area contributed by atoms with Crippen LogP contribution in [-0.2, 0) is 10.4 Å². The van der Waals surface area contributed by atoms with Crippen LogP contribution in [0.4, 0.5) is 5.69 Å². The summed E-state index contributed by atoms with van der Waals surface area (Å²) in [5, 5.41) is 19.0. The number of para-hydroxylation sites is 1. The Morgan fingerprint density at radius 3 is 2.80 bits per heavy atom. The summed E-state index contributed by atoms with van der Waals surface area (Å²) in [6.45, 7) is 1.64. The molecular weight excluding hydrogens is 194 g/mol. The molecule has 78 valence electrons. The van der Waals surface area contributed by atoms with E-state index in [-0.39, 0.29) is 6.42 Å². The van der Waals surface area contributed by atoms with Gasteiger partial charge in [-0.1, -0.05) is 18.2 Å². The topological polar surface area (TPSA) is 69.9 Å². The molecule has 1 atom stereocenters. The molecule has 1 heterocycles. The zero-order valence-electron chi connectivity index (χ0n) is 8.27. The smallest absolute Gasteiger partial charge is 0.307 e. The number of rotatable bonds is 2. The number of hydrogen-bond donors (Lipinski definition) is 2. The predicted octanol–water partition coefficient (Wildman–Crippen LogP) is 1.45. The fourth-order valence-electron chi connectivity index (χ4n) is 1.83. The van der Waals surface area contributed by atoms with E-state index in [0.29, 0.717) is 17.0 Å². The van der Waals surface area contributed by atoms with Gasteiger partial charge in [0.1, 0.15) is 5.60 Å². The second-order valence-corrected chi connectivity index (χ2v) is 3.65. The number of carboxylic acid groups (broad SMARTS) is 1. The minimum absolute atomic E-state index is 0.348. The molecule has 2 N–H and O–H groups in total. The van der Waals surface area contributed by atoms with Crippen molar-refractivity contribution in [3.63, 3.8) is 0 Å². The summed E-state index contributed by atoms with van der Waals surface area (Å²) in [6, 6.07) is 7.04. The van der Waals surface area contributed by atoms with Gasteiger partial charge in [0.2, 0.25) is 0 Å². The summed E-state index contributed by atoms with van der Waals surface area (Å²) in [7, 11) is 0. The van der Waals surface area contributed by atoms with Crippen molar-refractivity contribution in [1.82, 2.24) is 0 Å². The van der Waals surface area contributed by atoms with Gasteiger partial charge in [0.15, 0.2) is 0 Å². The van der Waals surface area contributed by atoms with Gasteiger partial charge in [-0.25, -0.2) is 0 Å². The molecule has 0 bridgehead atoms. The fraction of sp³-hybridized carbons (Fsp3) is 0.273. The molecule has 4 nitrogen and oxygen atoms in total. The van der Waals surface area contributed by atoms with Crippen LogP contribution in [0.1, 0.15) is 18.9 Å². The van der Waals surface area contributed by atoms with Gasteiger partial charge in [0.25, 0.3) is 0 Å². The first-order valence-corrected chi connectivity index (χ1v) is 4.63. The lowest BCUT2D eigenvalue weighted by atomic mass is 9.88. The number of aliphatic imine (C=N–C) groups is 1. The number of aliphatic hydroxyl groups is 1. The standard InChI is InChI=1S/C11H11NO3/c1-7-11(15,6-10(13)14)8-4-2-3-5-9(8)12-7/h2-5,15H,6H2,1H3,(H,13,14). The molecule has 1 aromatic rings. The minimum Gasteiger partial charge on any atom is -0.481 e. The molecule has 0 aromatic heterocycles. The molecule has 1 unspecified atom stereocenters. The molecule has 4 heteroatoms. The van der Waals surface area contributed by atoms with E-state index in [2.05, 4.69) is 4.99 Å². The van der Waals surface area contributed by atoms with Crippen molar-refractivity contribution in [3.05, 3.63) is 29.8 Å². The first-order chi connectivity index (χ1) is 7.04. The van der Waals surface area contributed by atoms with Crippen molar-refractivity contribution >= 4 is 17.4 Å². The normalized spacial score (nSPS) is 23.5. The third-order valence-corrected chi connectivity index (χ3v) is 2.64. The van der Waals surface area contributed by atoms with E-state index < -0.39 is 11.6 Å². The third kappa shape index (κ3) is 1.43. The zero-order valence-corrected chi connectivity index (χ0v) is 8.27. The van der Waals surface area contributed by atoms with Crippen LogP contribution in [0.5, 0.6) is 0 Å². The van der Waals surface area contributed by atoms with Crippen LogP contribution in [0.3, 0.4) is 0 Å². The van der Waals surface area contributed by atoms with Crippen LogP contribution in [-0.4, -0.2) is 21.9 Å². The van der Waals surface area contributed by atoms with Crippen LogP contribution >= 0.6 is 0 Å². The molecule has 0 radical (unpaired) electrons. The average molecular weight is 205 g/mol. The molecule has 0 saturated heterocycles. The van der Waals surface area contributed by atoms with Gasteiger partial charge in [0, 0.05) is 5.56 Å². The van der Waals surface area contributed by atoms with E-state index >= 15 is 0 Å². The monoisotopic (exact) mass is 205 g/mol. The van der Waals surface area contributed by atoms with E-state index in [1.807, 2.05) is 6.07 Å². The Hall–Kier alpha value is -1.68. The molecule has 0 aliphatic carbocycles. The summed E-state index contributed by atoms with van der Waals surface area (Å²) >= 11 is 0. The predicted molar refractivity (Wildman–Crippen MR) is 55.4 cm³/mol. The lowest BCUT2D eigenvalue weighted by Gasteiger charge is -2.22. The minimum atomic E-state index is -1.44. The molecule has 1 aliphatic rings. The average Bonchev–Trinajstić information content (AvgIpc) is 2.39. The molecular formula is C11H11NO3. The molecule has 2 rings (SSSR count). The number of nitrogens with zero attached hydrogens (tertiary/aromatic N) is 1. The quantitative estimate of drug-likeness (QED) is 0.767. The van der Waals surface area contributed by atoms with Gasteiger partial charge in [-0.3, -0.25) is 9.79 Å². The highest BCUT2D eigenvalue weighted by Crippen LogP contribution is 2.40. The van der Waals surface area contributed by atoms with Crippen LogP contribution in [0.2, 0.25) is 0 Å².